The van der Waals surface area contributed by atoms with Crippen LogP contribution < -0.4 is 5.73 Å². The average molecular weight is 268 g/mol. The number of nitrogens with zero attached hydrogens (tertiary/aromatic N) is 4. The summed E-state index contributed by atoms with van der Waals surface area (Å²) in [7, 11) is 1.81. The topological polar surface area (TPSA) is 69.6 Å². The molecular weight excluding hydrogens is 258 g/mol. The number of pyridine rings is 1. The lowest BCUT2D eigenvalue weighted by Crippen LogP contribution is -2.17. The van der Waals surface area contributed by atoms with Gasteiger partial charge in [-0.05, 0) is 28.1 Å². The first kappa shape index (κ1) is 10.3. The fraction of sp³-hybridized carbons (Fsp3) is 0.222. The van der Waals surface area contributed by atoms with Crippen LogP contribution in [0.5, 0.6) is 0 Å². The van der Waals surface area contributed by atoms with Crippen molar-refractivity contribution in [3.05, 3.63) is 40.4 Å². The SMILES string of the molecule is Cn1nncc1C(N)c1ccc(Br)cn1. The molecule has 2 N–H and O–H groups in total. The number of halogens is 1. The van der Waals surface area contributed by atoms with Gasteiger partial charge < -0.3 is 5.73 Å². The molecule has 0 spiro atoms. The summed E-state index contributed by atoms with van der Waals surface area (Å²) < 4.78 is 2.58. The third-order valence-electron chi connectivity index (χ3n) is 2.14. The Kier molecular flexibility index (Phi) is 2.79. The zero-order valence-corrected chi connectivity index (χ0v) is 9.72. The summed E-state index contributed by atoms with van der Waals surface area (Å²) in [6.45, 7) is 0. The molecule has 5 nitrogen and oxygen atoms in total. The first-order valence-corrected chi connectivity index (χ1v) is 5.19. The molecule has 78 valence electrons. The van der Waals surface area contributed by atoms with E-state index < -0.39 is 0 Å². The van der Waals surface area contributed by atoms with Gasteiger partial charge in [-0.3, -0.25) is 9.67 Å². The van der Waals surface area contributed by atoms with E-state index in [-0.39, 0.29) is 6.04 Å². The summed E-state index contributed by atoms with van der Waals surface area (Å²) in [5, 5.41) is 7.61. The number of hydrogen-bond donors (Lipinski definition) is 1. The molecule has 0 aliphatic rings. The van der Waals surface area contributed by atoms with Crippen LogP contribution in [0.15, 0.2) is 29.0 Å². The monoisotopic (exact) mass is 267 g/mol. The van der Waals surface area contributed by atoms with Gasteiger partial charge in [0.15, 0.2) is 0 Å². The summed E-state index contributed by atoms with van der Waals surface area (Å²) in [5.74, 6) is 0. The lowest BCUT2D eigenvalue weighted by atomic mass is 10.1. The molecule has 2 rings (SSSR count). The lowest BCUT2D eigenvalue weighted by Gasteiger charge is -2.10. The van der Waals surface area contributed by atoms with Crippen LogP contribution in [0.25, 0.3) is 0 Å². The van der Waals surface area contributed by atoms with Gasteiger partial charge in [0.25, 0.3) is 0 Å². The van der Waals surface area contributed by atoms with Crippen LogP contribution in [0.1, 0.15) is 17.4 Å². The van der Waals surface area contributed by atoms with Gasteiger partial charge in [-0.25, -0.2) is 0 Å². The molecule has 0 aliphatic heterocycles. The van der Waals surface area contributed by atoms with Crippen molar-refractivity contribution in [1.29, 1.82) is 0 Å². The van der Waals surface area contributed by atoms with Gasteiger partial charge >= 0.3 is 0 Å². The Morgan fingerprint density at radius 3 is 2.73 bits per heavy atom. The van der Waals surface area contributed by atoms with E-state index in [9.17, 15) is 0 Å². The van der Waals surface area contributed by atoms with E-state index in [1.165, 1.54) is 0 Å². The van der Waals surface area contributed by atoms with Crippen molar-refractivity contribution < 1.29 is 0 Å². The minimum absolute atomic E-state index is 0.293. The smallest absolute Gasteiger partial charge is 0.0913 e. The quantitative estimate of drug-likeness (QED) is 0.882. The van der Waals surface area contributed by atoms with Crippen molar-refractivity contribution in [2.75, 3.05) is 0 Å². The molecule has 1 unspecified atom stereocenters. The molecule has 2 aromatic heterocycles. The molecule has 0 aliphatic carbocycles. The van der Waals surface area contributed by atoms with Gasteiger partial charge in [0.1, 0.15) is 0 Å². The predicted molar refractivity (Wildman–Crippen MR) is 59.0 cm³/mol. The van der Waals surface area contributed by atoms with E-state index in [2.05, 4.69) is 31.2 Å². The van der Waals surface area contributed by atoms with Gasteiger partial charge in [-0.1, -0.05) is 5.21 Å². The minimum atomic E-state index is -0.293. The predicted octanol–water partition coefficient (Wildman–Crippen LogP) is 1.02. The Morgan fingerprint density at radius 1 is 1.40 bits per heavy atom. The van der Waals surface area contributed by atoms with Crippen LogP contribution in [-0.2, 0) is 7.05 Å². The molecule has 0 amide bonds. The minimum Gasteiger partial charge on any atom is -0.318 e. The van der Waals surface area contributed by atoms with Crippen LogP contribution in [0.4, 0.5) is 0 Å². The second kappa shape index (κ2) is 4.08. The Hall–Kier alpha value is -1.27. The molecule has 0 bridgehead atoms. The van der Waals surface area contributed by atoms with Crippen molar-refractivity contribution >= 4 is 15.9 Å². The highest BCUT2D eigenvalue weighted by molar-refractivity contribution is 9.10. The Morgan fingerprint density at radius 2 is 2.20 bits per heavy atom. The zero-order chi connectivity index (χ0) is 10.8. The van der Waals surface area contributed by atoms with Gasteiger partial charge in [0, 0.05) is 17.7 Å². The largest absolute Gasteiger partial charge is 0.318 e. The van der Waals surface area contributed by atoms with Gasteiger partial charge in [-0.15, -0.1) is 5.10 Å². The summed E-state index contributed by atoms with van der Waals surface area (Å²) >= 11 is 3.32. The maximum atomic E-state index is 6.03. The molecule has 0 aromatic carbocycles. The van der Waals surface area contributed by atoms with Crippen molar-refractivity contribution in [2.24, 2.45) is 12.8 Å². The van der Waals surface area contributed by atoms with Crippen molar-refractivity contribution in [2.45, 2.75) is 6.04 Å². The van der Waals surface area contributed by atoms with Crippen LogP contribution in [0.3, 0.4) is 0 Å². The van der Waals surface area contributed by atoms with Crippen molar-refractivity contribution in [1.82, 2.24) is 20.0 Å². The molecule has 0 saturated carbocycles. The Labute approximate surface area is 95.4 Å². The summed E-state index contributed by atoms with van der Waals surface area (Å²) in [6.07, 6.45) is 3.37. The van der Waals surface area contributed by atoms with Crippen LogP contribution in [0, 0.1) is 0 Å². The summed E-state index contributed by atoms with van der Waals surface area (Å²) in [4.78, 5) is 4.23. The molecule has 0 fully saturated rings. The molecule has 6 heteroatoms. The van der Waals surface area contributed by atoms with Gasteiger partial charge in [0.2, 0.25) is 0 Å². The first-order valence-electron chi connectivity index (χ1n) is 4.40. The highest BCUT2D eigenvalue weighted by Gasteiger charge is 2.14. The molecule has 2 heterocycles. The maximum Gasteiger partial charge on any atom is 0.0913 e. The molecule has 2 aromatic rings. The molecule has 1 atom stereocenters. The van der Waals surface area contributed by atoms with E-state index in [4.69, 9.17) is 5.73 Å². The van der Waals surface area contributed by atoms with E-state index >= 15 is 0 Å². The molecular formula is C9H10BrN5. The van der Waals surface area contributed by atoms with Gasteiger partial charge in [0.05, 0.1) is 23.6 Å². The normalized spacial score (nSPS) is 12.7. The third-order valence-corrected chi connectivity index (χ3v) is 2.61. The van der Waals surface area contributed by atoms with E-state index in [0.29, 0.717) is 0 Å². The van der Waals surface area contributed by atoms with Gasteiger partial charge in [-0.2, -0.15) is 0 Å². The van der Waals surface area contributed by atoms with E-state index in [0.717, 1.165) is 15.9 Å². The zero-order valence-electron chi connectivity index (χ0n) is 8.13. The molecule has 0 saturated heterocycles. The van der Waals surface area contributed by atoms with Crippen LogP contribution in [0.2, 0.25) is 0 Å². The van der Waals surface area contributed by atoms with Crippen molar-refractivity contribution in [3.63, 3.8) is 0 Å². The molecule has 15 heavy (non-hydrogen) atoms. The van der Waals surface area contributed by atoms with E-state index in [1.54, 1.807) is 24.1 Å². The number of aromatic nitrogens is 4. The fourth-order valence-corrected chi connectivity index (χ4v) is 1.54. The highest BCUT2D eigenvalue weighted by Crippen LogP contribution is 2.17. The summed E-state index contributed by atoms with van der Waals surface area (Å²) in [5.41, 5.74) is 7.67. The number of hydrogen-bond acceptors (Lipinski definition) is 4. The van der Waals surface area contributed by atoms with E-state index in [1.807, 2.05) is 12.1 Å². The lowest BCUT2D eigenvalue weighted by molar-refractivity contribution is 0.644. The first-order chi connectivity index (χ1) is 7.18. The number of rotatable bonds is 2. The van der Waals surface area contributed by atoms with Crippen LogP contribution >= 0.6 is 15.9 Å². The number of nitrogens with two attached hydrogens (primary N) is 1. The highest BCUT2D eigenvalue weighted by atomic mass is 79.9. The summed E-state index contributed by atoms with van der Waals surface area (Å²) in [6, 6.07) is 3.49. The second-order valence-corrected chi connectivity index (χ2v) is 4.08. The Bertz CT molecular complexity index is 450. The average Bonchev–Trinajstić information content (AvgIpc) is 2.65. The second-order valence-electron chi connectivity index (χ2n) is 3.16. The third kappa shape index (κ3) is 2.05. The fourth-order valence-electron chi connectivity index (χ4n) is 1.30. The van der Waals surface area contributed by atoms with Crippen molar-refractivity contribution in [3.8, 4) is 0 Å². The standard InChI is InChI=1S/C9H10BrN5/c1-15-8(5-13-14-15)9(11)7-3-2-6(10)4-12-7/h2-5,9H,11H2,1H3. The maximum absolute atomic E-state index is 6.03. The molecule has 0 radical (unpaired) electrons. The number of aryl methyl sites for hydroxylation is 1. The van der Waals surface area contributed by atoms with Crippen LogP contribution in [-0.4, -0.2) is 20.0 Å². The Balaban J connectivity index is 2.32.